The van der Waals surface area contributed by atoms with Crippen LogP contribution in [0.2, 0.25) is 0 Å². The fourth-order valence-corrected chi connectivity index (χ4v) is 2.37. The van der Waals surface area contributed by atoms with E-state index in [1.165, 1.54) is 0 Å². The third-order valence-corrected chi connectivity index (χ3v) is 3.14. The van der Waals surface area contributed by atoms with Crippen LogP contribution in [0, 0.1) is 11.3 Å². The molecule has 0 aromatic heterocycles. The normalized spacial score (nSPS) is 23.8. The number of amides is 1. The van der Waals surface area contributed by atoms with Gasteiger partial charge in [-0.15, -0.1) is 0 Å². The number of hydrogen-bond donors (Lipinski definition) is 1. The molecule has 1 rings (SSSR count). The fourth-order valence-electron chi connectivity index (χ4n) is 2.37. The number of hydrogen-bond acceptors (Lipinski definition) is 2. The molecule has 4 nitrogen and oxygen atoms in total. The Hall–Kier alpha value is -1.24. The second-order valence-corrected chi connectivity index (χ2v) is 4.71. The number of nitrogens with zero attached hydrogens (tertiary/aromatic N) is 2. The minimum absolute atomic E-state index is 0.103. The molecule has 1 amide bonds. The summed E-state index contributed by atoms with van der Waals surface area (Å²) in [4.78, 5) is 12.7. The van der Waals surface area contributed by atoms with Crippen molar-refractivity contribution in [2.24, 2.45) is 0 Å². The zero-order valence-electron chi connectivity index (χ0n) is 9.36. The Morgan fingerprint density at radius 1 is 1.67 bits per heavy atom. The molecule has 0 bridgehead atoms. The molecule has 0 spiro atoms. The number of carbonyl (C=O) groups is 1. The zero-order valence-corrected chi connectivity index (χ0v) is 9.36. The first-order chi connectivity index (χ1) is 6.99. The average Bonchev–Trinajstić information content (AvgIpc) is 2.42. The van der Waals surface area contributed by atoms with E-state index >= 15 is 0 Å². The summed E-state index contributed by atoms with van der Waals surface area (Å²) < 4.78 is 0. The maximum Gasteiger partial charge on any atom is 0.407 e. The van der Waals surface area contributed by atoms with Gasteiger partial charge in [0.15, 0.2) is 0 Å². The summed E-state index contributed by atoms with van der Waals surface area (Å²) in [6, 6.07) is 2.19. The van der Waals surface area contributed by atoms with Crippen molar-refractivity contribution >= 4 is 6.09 Å². The van der Waals surface area contributed by atoms with E-state index in [1.807, 2.05) is 13.8 Å². The van der Waals surface area contributed by atoms with Gasteiger partial charge in [-0.25, -0.2) is 4.79 Å². The number of carboxylic acid groups (broad SMARTS) is 1. The van der Waals surface area contributed by atoms with E-state index in [4.69, 9.17) is 10.4 Å². The lowest BCUT2D eigenvalue weighted by Gasteiger charge is -2.33. The van der Waals surface area contributed by atoms with Crippen LogP contribution < -0.4 is 0 Å². The molecular formula is C11H18N2O2. The lowest BCUT2D eigenvalue weighted by Crippen LogP contribution is -2.46. The van der Waals surface area contributed by atoms with Crippen LogP contribution in [0.15, 0.2) is 0 Å². The fraction of sp³-hybridized carbons (Fsp3) is 0.818. The van der Waals surface area contributed by atoms with E-state index in [-0.39, 0.29) is 11.6 Å². The predicted molar refractivity (Wildman–Crippen MR) is 56.4 cm³/mol. The Balaban J connectivity index is 2.59. The Morgan fingerprint density at radius 2 is 2.33 bits per heavy atom. The van der Waals surface area contributed by atoms with Crippen LogP contribution in [-0.2, 0) is 0 Å². The molecule has 0 aromatic rings. The first-order valence-corrected chi connectivity index (χ1v) is 5.38. The molecule has 1 heterocycles. The van der Waals surface area contributed by atoms with Crippen LogP contribution in [0.3, 0.4) is 0 Å². The van der Waals surface area contributed by atoms with Crippen LogP contribution in [0.4, 0.5) is 4.79 Å². The molecule has 1 aliphatic rings. The lowest BCUT2D eigenvalue weighted by molar-refractivity contribution is 0.0934. The first kappa shape index (κ1) is 11.8. The zero-order chi connectivity index (χ0) is 11.5. The van der Waals surface area contributed by atoms with Gasteiger partial charge in [0, 0.05) is 18.0 Å². The van der Waals surface area contributed by atoms with Gasteiger partial charge in [0.2, 0.25) is 0 Å². The highest BCUT2D eigenvalue weighted by molar-refractivity contribution is 5.67. The highest BCUT2D eigenvalue weighted by Crippen LogP contribution is 2.35. The minimum Gasteiger partial charge on any atom is -0.465 e. The van der Waals surface area contributed by atoms with Gasteiger partial charge in [0.1, 0.15) is 0 Å². The summed E-state index contributed by atoms with van der Waals surface area (Å²) >= 11 is 0. The molecule has 0 aromatic carbocycles. The number of likely N-dealkylation sites (tertiary alicyclic amines) is 1. The third-order valence-electron chi connectivity index (χ3n) is 3.14. The van der Waals surface area contributed by atoms with Gasteiger partial charge >= 0.3 is 6.09 Å². The van der Waals surface area contributed by atoms with Crippen molar-refractivity contribution in [3.63, 3.8) is 0 Å². The Labute approximate surface area is 90.5 Å². The predicted octanol–water partition coefficient (Wildman–Crippen LogP) is 2.60. The van der Waals surface area contributed by atoms with Crippen molar-refractivity contribution in [1.29, 1.82) is 5.26 Å². The molecule has 84 valence electrons. The maximum absolute atomic E-state index is 11.1. The van der Waals surface area contributed by atoms with Gasteiger partial charge in [0.25, 0.3) is 0 Å². The molecule has 0 radical (unpaired) electrons. The second-order valence-electron chi connectivity index (χ2n) is 4.71. The smallest absolute Gasteiger partial charge is 0.407 e. The first-order valence-electron chi connectivity index (χ1n) is 5.38. The summed E-state index contributed by atoms with van der Waals surface area (Å²) in [5, 5.41) is 17.6. The minimum atomic E-state index is -0.834. The van der Waals surface area contributed by atoms with Gasteiger partial charge in [0.05, 0.1) is 6.07 Å². The van der Waals surface area contributed by atoms with Crippen molar-refractivity contribution in [2.75, 3.05) is 0 Å². The molecule has 0 aliphatic carbocycles. The molecule has 0 saturated carbocycles. The van der Waals surface area contributed by atoms with Gasteiger partial charge in [-0.1, -0.05) is 0 Å². The largest absolute Gasteiger partial charge is 0.465 e. The van der Waals surface area contributed by atoms with E-state index < -0.39 is 6.09 Å². The molecule has 1 N–H and O–H groups in total. The molecule has 4 heteroatoms. The molecule has 1 aliphatic heterocycles. The summed E-state index contributed by atoms with van der Waals surface area (Å²) in [6.45, 7) is 3.93. The summed E-state index contributed by atoms with van der Waals surface area (Å²) in [7, 11) is 0. The van der Waals surface area contributed by atoms with Crippen LogP contribution >= 0.6 is 0 Å². The van der Waals surface area contributed by atoms with Crippen molar-refractivity contribution in [1.82, 2.24) is 4.90 Å². The van der Waals surface area contributed by atoms with Crippen LogP contribution in [0.25, 0.3) is 0 Å². The summed E-state index contributed by atoms with van der Waals surface area (Å²) in [5.41, 5.74) is -0.247. The van der Waals surface area contributed by atoms with E-state index in [0.29, 0.717) is 6.42 Å². The number of nitriles is 1. The van der Waals surface area contributed by atoms with Gasteiger partial charge in [-0.2, -0.15) is 5.26 Å². The van der Waals surface area contributed by atoms with Crippen molar-refractivity contribution in [3.05, 3.63) is 0 Å². The Kier molecular flexibility index (Phi) is 3.57. The lowest BCUT2D eigenvalue weighted by atomic mass is 10.0. The topological polar surface area (TPSA) is 64.3 Å². The monoisotopic (exact) mass is 210 g/mol. The maximum atomic E-state index is 11.1. The number of rotatable bonds is 3. The van der Waals surface area contributed by atoms with Crippen LogP contribution in [0.1, 0.15) is 46.0 Å². The quantitative estimate of drug-likeness (QED) is 0.728. The molecule has 1 saturated heterocycles. The van der Waals surface area contributed by atoms with Crippen molar-refractivity contribution in [3.8, 4) is 6.07 Å². The molecule has 1 fully saturated rings. The molecule has 1 atom stereocenters. The van der Waals surface area contributed by atoms with Gasteiger partial charge < -0.3 is 10.0 Å². The Bertz CT molecular complexity index is 281. The average molecular weight is 210 g/mol. The standard InChI is InChI=1S/C11H18N2O2/c1-11(2)7-6-9(5-3-4-8-12)13(11)10(14)15/h9H,3-7H2,1-2H3,(H,14,15). The third kappa shape index (κ3) is 2.62. The van der Waals surface area contributed by atoms with E-state index in [0.717, 1.165) is 25.7 Å². The molecule has 15 heavy (non-hydrogen) atoms. The molecule has 1 unspecified atom stereocenters. The summed E-state index contributed by atoms with van der Waals surface area (Å²) in [5.74, 6) is 0. The second kappa shape index (κ2) is 4.52. The van der Waals surface area contributed by atoms with Crippen LogP contribution in [-0.4, -0.2) is 27.7 Å². The van der Waals surface area contributed by atoms with Crippen molar-refractivity contribution < 1.29 is 9.90 Å². The molecular weight excluding hydrogens is 192 g/mol. The highest BCUT2D eigenvalue weighted by atomic mass is 16.4. The number of unbranched alkanes of at least 4 members (excludes halogenated alkanes) is 1. The van der Waals surface area contributed by atoms with Crippen LogP contribution in [0.5, 0.6) is 0 Å². The Morgan fingerprint density at radius 3 is 2.87 bits per heavy atom. The van der Waals surface area contributed by atoms with E-state index in [1.54, 1.807) is 4.90 Å². The van der Waals surface area contributed by atoms with Crippen molar-refractivity contribution in [2.45, 2.75) is 57.5 Å². The van der Waals surface area contributed by atoms with E-state index in [9.17, 15) is 4.79 Å². The van der Waals surface area contributed by atoms with Gasteiger partial charge in [-0.05, 0) is 39.5 Å². The summed E-state index contributed by atoms with van der Waals surface area (Å²) in [6.07, 6.45) is 3.12. The van der Waals surface area contributed by atoms with E-state index in [2.05, 4.69) is 6.07 Å². The SMILES string of the molecule is CC1(C)CCC(CCCC#N)N1C(=O)O. The van der Waals surface area contributed by atoms with Gasteiger partial charge in [-0.3, -0.25) is 0 Å². The highest BCUT2D eigenvalue weighted by Gasteiger charge is 2.41.